The topological polar surface area (TPSA) is 49.4 Å². The van der Waals surface area contributed by atoms with E-state index in [0.29, 0.717) is 12.3 Å². The molecule has 1 N–H and O–H groups in total. The lowest BCUT2D eigenvalue weighted by Gasteiger charge is -2.31. The maximum Gasteiger partial charge on any atom is 0.242 e. The van der Waals surface area contributed by atoms with E-state index >= 15 is 0 Å². The number of carbonyl (C=O) groups excluding carboxylic acids is 2. The van der Waals surface area contributed by atoms with Crippen LogP contribution in [0.2, 0.25) is 0 Å². The van der Waals surface area contributed by atoms with Gasteiger partial charge in [-0.05, 0) is 37.5 Å². The Morgan fingerprint density at radius 3 is 2.28 bits per heavy atom. The van der Waals surface area contributed by atoms with E-state index in [1.165, 1.54) is 31.0 Å². The van der Waals surface area contributed by atoms with Crippen LogP contribution >= 0.6 is 11.8 Å². The molecule has 0 saturated heterocycles. The van der Waals surface area contributed by atoms with Crippen LogP contribution in [0.1, 0.15) is 44.6 Å². The Morgan fingerprint density at radius 1 is 1.00 bits per heavy atom. The van der Waals surface area contributed by atoms with Gasteiger partial charge in [-0.1, -0.05) is 67.8 Å². The van der Waals surface area contributed by atoms with E-state index in [2.05, 4.69) is 5.32 Å². The Balaban J connectivity index is 1.67. The predicted octanol–water partition coefficient (Wildman–Crippen LogP) is 4.64. The van der Waals surface area contributed by atoms with Gasteiger partial charge in [0.1, 0.15) is 6.04 Å². The third kappa shape index (κ3) is 6.64. The number of benzene rings is 2. The van der Waals surface area contributed by atoms with Gasteiger partial charge in [-0.25, -0.2) is 0 Å². The van der Waals surface area contributed by atoms with Gasteiger partial charge in [-0.2, -0.15) is 0 Å². The monoisotopic (exact) mass is 410 g/mol. The van der Waals surface area contributed by atoms with E-state index in [9.17, 15) is 9.59 Å². The van der Waals surface area contributed by atoms with E-state index in [-0.39, 0.29) is 17.9 Å². The lowest BCUT2D eigenvalue weighted by atomic mass is 9.95. The summed E-state index contributed by atoms with van der Waals surface area (Å²) in [6.45, 7) is 2.28. The second-order valence-electron chi connectivity index (χ2n) is 7.63. The summed E-state index contributed by atoms with van der Waals surface area (Å²) in [6.07, 6.45) is 5.65. The van der Waals surface area contributed by atoms with Crippen LogP contribution in [-0.2, 0) is 16.1 Å². The van der Waals surface area contributed by atoms with E-state index < -0.39 is 6.04 Å². The van der Waals surface area contributed by atoms with Crippen LogP contribution in [0.3, 0.4) is 0 Å². The molecule has 29 heavy (non-hydrogen) atoms. The Hall–Kier alpha value is -2.27. The molecule has 0 heterocycles. The van der Waals surface area contributed by atoms with Gasteiger partial charge in [0.15, 0.2) is 0 Å². The first-order chi connectivity index (χ1) is 14.1. The molecule has 4 nitrogen and oxygen atoms in total. The highest BCUT2D eigenvalue weighted by Gasteiger charge is 2.28. The molecule has 0 radical (unpaired) electrons. The van der Waals surface area contributed by atoms with Crippen molar-refractivity contribution in [2.24, 2.45) is 0 Å². The molecule has 1 fully saturated rings. The summed E-state index contributed by atoms with van der Waals surface area (Å²) in [5, 5.41) is 3.17. The number of hydrogen-bond acceptors (Lipinski definition) is 3. The normalized spacial score (nSPS) is 15.5. The fourth-order valence-corrected chi connectivity index (χ4v) is 4.48. The summed E-state index contributed by atoms with van der Waals surface area (Å²) < 4.78 is 0. The largest absolute Gasteiger partial charge is 0.352 e. The Morgan fingerprint density at radius 2 is 1.62 bits per heavy atom. The van der Waals surface area contributed by atoms with Crippen molar-refractivity contribution in [3.63, 3.8) is 0 Å². The predicted molar refractivity (Wildman–Crippen MR) is 119 cm³/mol. The van der Waals surface area contributed by atoms with Crippen LogP contribution in [0.25, 0.3) is 0 Å². The van der Waals surface area contributed by atoms with Crippen LogP contribution in [0.5, 0.6) is 0 Å². The van der Waals surface area contributed by atoms with Crippen LogP contribution in [0.4, 0.5) is 0 Å². The van der Waals surface area contributed by atoms with Gasteiger partial charge in [0.2, 0.25) is 11.8 Å². The molecule has 2 aromatic carbocycles. The highest BCUT2D eigenvalue weighted by atomic mass is 32.2. The Labute approximate surface area is 178 Å². The minimum atomic E-state index is -0.499. The number of thioether (sulfide) groups is 1. The molecule has 2 aromatic rings. The van der Waals surface area contributed by atoms with Crippen LogP contribution in [0.15, 0.2) is 65.6 Å². The fourth-order valence-electron chi connectivity index (χ4n) is 3.68. The zero-order valence-corrected chi connectivity index (χ0v) is 17.9. The molecule has 5 heteroatoms. The number of carbonyl (C=O) groups is 2. The van der Waals surface area contributed by atoms with Crippen LogP contribution < -0.4 is 5.32 Å². The van der Waals surface area contributed by atoms with Gasteiger partial charge < -0.3 is 10.2 Å². The minimum Gasteiger partial charge on any atom is -0.352 e. The molecule has 154 valence electrons. The van der Waals surface area contributed by atoms with Gasteiger partial charge in [-0.3, -0.25) is 9.59 Å². The molecular weight excluding hydrogens is 380 g/mol. The third-order valence-electron chi connectivity index (χ3n) is 5.42. The SMILES string of the molecule is C[C@H](C(=O)NC1CCCCC1)N(Cc1ccccc1)C(=O)CSc1ccccc1. The van der Waals surface area contributed by atoms with Gasteiger partial charge in [0.25, 0.3) is 0 Å². The number of nitrogens with one attached hydrogen (secondary N) is 1. The van der Waals surface area contributed by atoms with Gasteiger partial charge in [0, 0.05) is 17.5 Å². The Kier molecular flexibility index (Phi) is 8.17. The maximum atomic E-state index is 13.1. The molecule has 2 amide bonds. The summed E-state index contributed by atoms with van der Waals surface area (Å²) in [5.74, 6) is 0.248. The third-order valence-corrected chi connectivity index (χ3v) is 6.42. The molecular formula is C24H30N2O2S. The van der Waals surface area contributed by atoms with Crippen molar-refractivity contribution >= 4 is 23.6 Å². The summed E-state index contributed by atoms with van der Waals surface area (Å²) in [6, 6.07) is 19.5. The Bertz CT molecular complexity index is 776. The molecule has 1 atom stereocenters. The summed E-state index contributed by atoms with van der Waals surface area (Å²) in [7, 11) is 0. The van der Waals surface area contributed by atoms with Crippen molar-refractivity contribution in [2.45, 2.75) is 62.6 Å². The van der Waals surface area contributed by atoms with Crippen molar-refractivity contribution in [3.05, 3.63) is 66.2 Å². The second-order valence-corrected chi connectivity index (χ2v) is 8.68. The lowest BCUT2D eigenvalue weighted by Crippen LogP contribution is -2.50. The maximum absolute atomic E-state index is 13.1. The molecule has 1 aliphatic rings. The van der Waals surface area contributed by atoms with Gasteiger partial charge >= 0.3 is 0 Å². The zero-order chi connectivity index (χ0) is 20.5. The van der Waals surface area contributed by atoms with Crippen molar-refractivity contribution in [3.8, 4) is 0 Å². The molecule has 1 saturated carbocycles. The average Bonchev–Trinajstić information content (AvgIpc) is 2.77. The molecule has 0 aliphatic heterocycles. The number of rotatable bonds is 8. The number of amides is 2. The van der Waals surface area contributed by atoms with Crippen molar-refractivity contribution < 1.29 is 9.59 Å². The molecule has 0 spiro atoms. The first kappa shape index (κ1) is 21.4. The zero-order valence-electron chi connectivity index (χ0n) is 17.0. The average molecular weight is 411 g/mol. The highest BCUT2D eigenvalue weighted by molar-refractivity contribution is 8.00. The smallest absolute Gasteiger partial charge is 0.242 e. The lowest BCUT2D eigenvalue weighted by molar-refractivity contribution is -0.139. The van der Waals surface area contributed by atoms with Crippen molar-refractivity contribution in [1.82, 2.24) is 10.2 Å². The van der Waals surface area contributed by atoms with E-state index in [1.54, 1.807) is 4.90 Å². The quantitative estimate of drug-likeness (QED) is 0.645. The standard InChI is InChI=1S/C24H30N2O2S/c1-19(24(28)25-21-13-7-3-8-14-21)26(17-20-11-5-2-6-12-20)23(27)18-29-22-15-9-4-10-16-22/h2,4-6,9-12,15-16,19,21H,3,7-8,13-14,17-18H2,1H3,(H,25,28)/t19-/m1/s1. The molecule has 1 aliphatic carbocycles. The molecule has 3 rings (SSSR count). The van der Waals surface area contributed by atoms with Crippen LogP contribution in [0, 0.1) is 0 Å². The van der Waals surface area contributed by atoms with Crippen molar-refractivity contribution in [1.29, 1.82) is 0 Å². The molecule has 0 aromatic heterocycles. The summed E-state index contributed by atoms with van der Waals surface area (Å²) in [4.78, 5) is 28.8. The molecule has 0 bridgehead atoms. The van der Waals surface area contributed by atoms with Crippen molar-refractivity contribution in [2.75, 3.05) is 5.75 Å². The van der Waals surface area contributed by atoms with Gasteiger partial charge in [0.05, 0.1) is 5.75 Å². The van der Waals surface area contributed by atoms with Gasteiger partial charge in [-0.15, -0.1) is 11.8 Å². The first-order valence-electron chi connectivity index (χ1n) is 10.4. The fraction of sp³-hybridized carbons (Fsp3) is 0.417. The number of hydrogen-bond donors (Lipinski definition) is 1. The van der Waals surface area contributed by atoms with E-state index in [4.69, 9.17) is 0 Å². The minimum absolute atomic E-state index is 0.0194. The van der Waals surface area contributed by atoms with E-state index in [1.807, 2.05) is 67.6 Å². The van der Waals surface area contributed by atoms with Crippen LogP contribution in [-0.4, -0.2) is 34.6 Å². The van der Waals surface area contributed by atoms with E-state index in [0.717, 1.165) is 23.3 Å². The summed E-state index contributed by atoms with van der Waals surface area (Å²) >= 11 is 1.51. The highest BCUT2D eigenvalue weighted by Crippen LogP contribution is 2.20. The number of nitrogens with zero attached hydrogens (tertiary/aromatic N) is 1. The second kappa shape index (κ2) is 11.1. The summed E-state index contributed by atoms with van der Waals surface area (Å²) in [5.41, 5.74) is 1.03. The molecule has 0 unspecified atom stereocenters. The first-order valence-corrected chi connectivity index (χ1v) is 11.4.